The first-order valence-corrected chi connectivity index (χ1v) is 5.13. The van der Waals surface area contributed by atoms with Crippen LogP contribution < -0.4 is 0 Å². The summed E-state index contributed by atoms with van der Waals surface area (Å²) in [5.74, 6) is -0.541. The molecule has 1 aromatic rings. The Bertz CT molecular complexity index is 407. The zero-order valence-electron chi connectivity index (χ0n) is 8.36. The topological polar surface area (TPSA) is 23.8 Å². The number of rotatable bonds is 1. The van der Waals surface area contributed by atoms with E-state index in [4.69, 9.17) is 5.26 Å². The summed E-state index contributed by atoms with van der Waals surface area (Å²) in [5, 5.41) is 8.78. The Hall–Kier alpha value is -0.880. The van der Waals surface area contributed by atoms with Gasteiger partial charge in [0, 0.05) is 4.47 Å². The van der Waals surface area contributed by atoms with E-state index in [9.17, 15) is 4.39 Å². The highest BCUT2D eigenvalue weighted by atomic mass is 79.9. The third-order valence-electron chi connectivity index (χ3n) is 2.39. The average Bonchev–Trinajstić information content (AvgIpc) is 2.19. The quantitative estimate of drug-likeness (QED) is 0.749. The van der Waals surface area contributed by atoms with Gasteiger partial charge in [-0.15, -0.1) is 0 Å². The van der Waals surface area contributed by atoms with Crippen molar-refractivity contribution >= 4 is 15.9 Å². The summed E-state index contributed by atoms with van der Waals surface area (Å²) in [6, 6.07) is 3.56. The van der Waals surface area contributed by atoms with Crippen LogP contribution >= 0.6 is 15.9 Å². The SMILES string of the molecule is Cc1c(F)cc(C(C)C#N)c(C)c1Br. The van der Waals surface area contributed by atoms with Gasteiger partial charge < -0.3 is 0 Å². The van der Waals surface area contributed by atoms with Gasteiger partial charge in [-0.2, -0.15) is 5.26 Å². The number of hydrogen-bond donors (Lipinski definition) is 0. The first kappa shape index (κ1) is 11.2. The van der Waals surface area contributed by atoms with Crippen molar-refractivity contribution < 1.29 is 4.39 Å². The van der Waals surface area contributed by atoms with Gasteiger partial charge in [0.05, 0.1) is 12.0 Å². The molecule has 1 rings (SSSR count). The Morgan fingerprint density at radius 2 is 2.00 bits per heavy atom. The van der Waals surface area contributed by atoms with Gasteiger partial charge in [0.1, 0.15) is 5.82 Å². The highest BCUT2D eigenvalue weighted by molar-refractivity contribution is 9.10. The summed E-state index contributed by atoms with van der Waals surface area (Å²) in [7, 11) is 0. The lowest BCUT2D eigenvalue weighted by molar-refractivity contribution is 0.613. The van der Waals surface area contributed by atoms with Crippen LogP contribution in [0, 0.1) is 31.0 Å². The Morgan fingerprint density at radius 3 is 2.50 bits per heavy atom. The maximum absolute atomic E-state index is 13.4. The molecule has 74 valence electrons. The molecular formula is C11H11BrFN. The van der Waals surface area contributed by atoms with Crippen molar-refractivity contribution in [2.45, 2.75) is 26.7 Å². The molecule has 0 aliphatic carbocycles. The molecule has 0 aliphatic heterocycles. The molecule has 0 aliphatic rings. The van der Waals surface area contributed by atoms with E-state index in [2.05, 4.69) is 22.0 Å². The summed E-state index contributed by atoms with van der Waals surface area (Å²) >= 11 is 3.33. The fourth-order valence-electron chi connectivity index (χ4n) is 1.39. The standard InChI is InChI=1S/C11H11BrFN/c1-6(5-14)9-4-10(13)8(3)11(12)7(9)2/h4,6H,1-3H3. The van der Waals surface area contributed by atoms with Crippen molar-refractivity contribution in [3.05, 3.63) is 33.0 Å². The number of halogens is 2. The maximum atomic E-state index is 13.4. The van der Waals surface area contributed by atoms with E-state index >= 15 is 0 Å². The zero-order chi connectivity index (χ0) is 10.9. The Kier molecular flexibility index (Phi) is 3.28. The zero-order valence-corrected chi connectivity index (χ0v) is 9.94. The summed E-state index contributed by atoms with van der Waals surface area (Å²) in [6.45, 7) is 5.37. The highest BCUT2D eigenvalue weighted by Gasteiger charge is 2.14. The minimum atomic E-state index is -0.276. The van der Waals surface area contributed by atoms with Crippen LogP contribution in [0.5, 0.6) is 0 Å². The van der Waals surface area contributed by atoms with E-state index < -0.39 is 0 Å². The minimum Gasteiger partial charge on any atom is -0.207 e. The van der Waals surface area contributed by atoms with E-state index in [-0.39, 0.29) is 11.7 Å². The van der Waals surface area contributed by atoms with Crippen molar-refractivity contribution in [3.63, 3.8) is 0 Å². The highest BCUT2D eigenvalue weighted by Crippen LogP contribution is 2.30. The largest absolute Gasteiger partial charge is 0.207 e. The molecule has 0 saturated carbocycles. The number of nitrogens with zero attached hydrogens (tertiary/aromatic N) is 1. The molecule has 0 aromatic heterocycles. The van der Waals surface area contributed by atoms with Crippen LogP contribution in [0.25, 0.3) is 0 Å². The molecule has 1 aromatic carbocycles. The second-order valence-corrected chi connectivity index (χ2v) is 4.16. The summed E-state index contributed by atoms with van der Waals surface area (Å²) in [5.41, 5.74) is 2.29. The predicted octanol–water partition coefficient (Wildman–Crippen LogP) is 3.83. The predicted molar refractivity (Wildman–Crippen MR) is 57.6 cm³/mol. The van der Waals surface area contributed by atoms with Crippen LogP contribution in [0.4, 0.5) is 4.39 Å². The number of benzene rings is 1. The molecular weight excluding hydrogens is 245 g/mol. The maximum Gasteiger partial charge on any atom is 0.127 e. The van der Waals surface area contributed by atoms with E-state index in [0.717, 1.165) is 15.6 Å². The summed E-state index contributed by atoms with van der Waals surface area (Å²) in [4.78, 5) is 0. The first-order chi connectivity index (χ1) is 6.49. The van der Waals surface area contributed by atoms with Gasteiger partial charge in [-0.05, 0) is 43.5 Å². The van der Waals surface area contributed by atoms with Gasteiger partial charge in [-0.25, -0.2) is 4.39 Å². The monoisotopic (exact) mass is 255 g/mol. The Balaban J connectivity index is 3.42. The number of nitriles is 1. The molecule has 0 spiro atoms. The van der Waals surface area contributed by atoms with Gasteiger partial charge in [0.2, 0.25) is 0 Å². The van der Waals surface area contributed by atoms with Crippen LogP contribution in [0.15, 0.2) is 10.5 Å². The number of hydrogen-bond acceptors (Lipinski definition) is 1. The first-order valence-electron chi connectivity index (χ1n) is 4.33. The van der Waals surface area contributed by atoms with Crippen LogP contribution in [-0.2, 0) is 0 Å². The van der Waals surface area contributed by atoms with Crippen molar-refractivity contribution in [1.82, 2.24) is 0 Å². The smallest absolute Gasteiger partial charge is 0.127 e. The molecule has 3 heteroatoms. The Labute approximate surface area is 91.7 Å². The molecule has 0 heterocycles. The molecule has 0 amide bonds. The van der Waals surface area contributed by atoms with Crippen molar-refractivity contribution in [2.75, 3.05) is 0 Å². The van der Waals surface area contributed by atoms with Crippen molar-refractivity contribution in [2.24, 2.45) is 0 Å². The van der Waals surface area contributed by atoms with Gasteiger partial charge in [-0.1, -0.05) is 15.9 Å². The molecule has 0 saturated heterocycles. The van der Waals surface area contributed by atoms with Crippen LogP contribution in [0.3, 0.4) is 0 Å². The summed E-state index contributed by atoms with van der Waals surface area (Å²) < 4.78 is 14.1. The van der Waals surface area contributed by atoms with Gasteiger partial charge in [0.25, 0.3) is 0 Å². The van der Waals surface area contributed by atoms with Crippen molar-refractivity contribution in [3.8, 4) is 6.07 Å². The van der Waals surface area contributed by atoms with E-state index in [1.165, 1.54) is 6.07 Å². The van der Waals surface area contributed by atoms with Crippen LogP contribution in [0.2, 0.25) is 0 Å². The lowest BCUT2D eigenvalue weighted by Gasteiger charge is -2.12. The summed E-state index contributed by atoms with van der Waals surface area (Å²) in [6.07, 6.45) is 0. The molecule has 0 N–H and O–H groups in total. The second-order valence-electron chi connectivity index (χ2n) is 3.36. The molecule has 1 atom stereocenters. The van der Waals surface area contributed by atoms with Crippen LogP contribution in [0.1, 0.15) is 29.5 Å². The fraction of sp³-hybridized carbons (Fsp3) is 0.364. The molecule has 0 radical (unpaired) electrons. The average molecular weight is 256 g/mol. The van der Waals surface area contributed by atoms with Crippen molar-refractivity contribution in [1.29, 1.82) is 5.26 Å². The molecule has 0 fully saturated rings. The van der Waals surface area contributed by atoms with E-state index in [1.54, 1.807) is 13.8 Å². The lowest BCUT2D eigenvalue weighted by Crippen LogP contribution is -1.99. The Morgan fingerprint density at radius 1 is 1.43 bits per heavy atom. The fourth-order valence-corrected chi connectivity index (χ4v) is 1.80. The molecule has 0 bridgehead atoms. The third-order valence-corrected chi connectivity index (χ3v) is 3.58. The lowest BCUT2D eigenvalue weighted by atomic mass is 9.96. The van der Waals surface area contributed by atoms with Gasteiger partial charge >= 0.3 is 0 Å². The molecule has 1 nitrogen and oxygen atoms in total. The molecule has 14 heavy (non-hydrogen) atoms. The second kappa shape index (κ2) is 4.10. The van der Waals surface area contributed by atoms with E-state index in [0.29, 0.717) is 5.56 Å². The van der Waals surface area contributed by atoms with Crippen LogP contribution in [-0.4, -0.2) is 0 Å². The van der Waals surface area contributed by atoms with Gasteiger partial charge in [-0.3, -0.25) is 0 Å². The minimum absolute atomic E-state index is 0.264. The van der Waals surface area contributed by atoms with Gasteiger partial charge in [0.15, 0.2) is 0 Å². The normalized spacial score (nSPS) is 12.3. The molecule has 1 unspecified atom stereocenters. The van der Waals surface area contributed by atoms with E-state index in [1.807, 2.05) is 6.92 Å². The third kappa shape index (κ3) is 1.80.